The zero-order valence-electron chi connectivity index (χ0n) is 17.3. The van der Waals surface area contributed by atoms with Crippen molar-refractivity contribution in [2.45, 2.75) is 90.1 Å². The van der Waals surface area contributed by atoms with Gasteiger partial charge in [0.2, 0.25) is 0 Å². The molecule has 5 aliphatic rings. The van der Waals surface area contributed by atoms with Gasteiger partial charge < -0.3 is 19.7 Å². The summed E-state index contributed by atoms with van der Waals surface area (Å²) in [5, 5.41) is 21.7. The Morgan fingerprint density at radius 2 is 1.56 bits per heavy atom. The summed E-state index contributed by atoms with van der Waals surface area (Å²) in [6.07, 6.45) is 8.42. The predicted octanol–water partition coefficient (Wildman–Crippen LogP) is 3.74. The molecule has 0 aromatic heterocycles. The fraction of sp³-hybridized carbons (Fsp3) is 1.00. The molecular formula is C23H38O4. The second-order valence-electron chi connectivity index (χ2n) is 11.0. The average molecular weight is 379 g/mol. The van der Waals surface area contributed by atoms with Gasteiger partial charge in [-0.25, -0.2) is 0 Å². The van der Waals surface area contributed by atoms with E-state index in [2.05, 4.69) is 20.8 Å². The number of hydrogen-bond donors (Lipinski definition) is 2. The summed E-state index contributed by atoms with van der Waals surface area (Å²) in [5.74, 6) is 2.29. The van der Waals surface area contributed by atoms with Crippen LogP contribution in [0, 0.1) is 40.4 Å². The van der Waals surface area contributed by atoms with Crippen LogP contribution in [-0.4, -0.2) is 41.4 Å². The molecule has 5 fully saturated rings. The molecule has 1 heterocycles. The molecule has 0 radical (unpaired) electrons. The Morgan fingerprint density at radius 1 is 0.815 bits per heavy atom. The number of aliphatic hydroxyl groups excluding tert-OH is 2. The lowest BCUT2D eigenvalue weighted by Crippen LogP contribution is -2.60. The number of hydrogen-bond acceptors (Lipinski definition) is 4. The Labute approximate surface area is 164 Å². The average Bonchev–Trinajstić information content (AvgIpc) is 3.22. The Morgan fingerprint density at radius 3 is 2.30 bits per heavy atom. The smallest absolute Gasteiger partial charge is 0.169 e. The number of fused-ring (bicyclic) bond motifs is 5. The molecule has 4 aliphatic carbocycles. The molecule has 2 unspecified atom stereocenters. The number of rotatable bonds is 1. The van der Waals surface area contributed by atoms with Crippen molar-refractivity contribution in [3.63, 3.8) is 0 Å². The van der Waals surface area contributed by atoms with E-state index in [1.54, 1.807) is 0 Å². The third kappa shape index (κ3) is 2.49. The van der Waals surface area contributed by atoms with Crippen molar-refractivity contribution in [3.05, 3.63) is 0 Å². The quantitative estimate of drug-likeness (QED) is 0.730. The van der Waals surface area contributed by atoms with Crippen LogP contribution < -0.4 is 0 Å². The van der Waals surface area contributed by atoms with Gasteiger partial charge in [0.25, 0.3) is 0 Å². The fourth-order valence-corrected chi connectivity index (χ4v) is 8.78. The molecular weight excluding hydrogens is 340 g/mol. The van der Waals surface area contributed by atoms with Crippen LogP contribution in [0.1, 0.15) is 72.1 Å². The Balaban J connectivity index is 1.46. The van der Waals surface area contributed by atoms with Gasteiger partial charge in [-0.05, 0) is 87.4 Å². The van der Waals surface area contributed by atoms with E-state index < -0.39 is 5.79 Å². The summed E-state index contributed by atoms with van der Waals surface area (Å²) in [7, 11) is 0. The molecule has 9 atom stereocenters. The Bertz CT molecular complexity index is 587. The standard InChI is InChI=1S/C23H38O4/c1-21-9-8-15(24)12-14(21)4-5-16-17-6-7-19(23(3)26-10-11-27-23)22(17,2)20(25)13-18(16)21/h14-20,24-25H,4-13H2,1-3H3/t14-,15-,16?,17-,18?,19-,20+,21-,22-/m0/s1. The van der Waals surface area contributed by atoms with Crippen LogP contribution in [0.15, 0.2) is 0 Å². The van der Waals surface area contributed by atoms with E-state index in [9.17, 15) is 10.2 Å². The highest BCUT2D eigenvalue weighted by Gasteiger charge is 2.66. The minimum absolute atomic E-state index is 0.0996. The second-order valence-corrected chi connectivity index (χ2v) is 11.0. The summed E-state index contributed by atoms with van der Waals surface area (Å²) in [4.78, 5) is 0. The summed E-state index contributed by atoms with van der Waals surface area (Å²) >= 11 is 0. The first kappa shape index (κ1) is 18.8. The second kappa shape index (κ2) is 6.17. The maximum atomic E-state index is 11.5. The molecule has 1 aliphatic heterocycles. The summed E-state index contributed by atoms with van der Waals surface area (Å²) in [5.41, 5.74) is 0.199. The minimum Gasteiger partial charge on any atom is -0.393 e. The van der Waals surface area contributed by atoms with E-state index in [0.29, 0.717) is 42.3 Å². The molecule has 0 bridgehead atoms. The van der Waals surface area contributed by atoms with Crippen LogP contribution in [0.25, 0.3) is 0 Å². The van der Waals surface area contributed by atoms with Gasteiger partial charge in [0.15, 0.2) is 5.79 Å². The molecule has 154 valence electrons. The lowest BCUT2D eigenvalue weighted by molar-refractivity contribution is -0.241. The third-order valence-electron chi connectivity index (χ3n) is 10.2. The van der Waals surface area contributed by atoms with Gasteiger partial charge >= 0.3 is 0 Å². The lowest BCUT2D eigenvalue weighted by Gasteiger charge is -2.62. The zero-order chi connectivity index (χ0) is 19.0. The molecule has 27 heavy (non-hydrogen) atoms. The molecule has 5 rings (SSSR count). The highest BCUT2D eigenvalue weighted by atomic mass is 16.7. The molecule has 4 heteroatoms. The first-order valence-corrected chi connectivity index (χ1v) is 11.4. The normalized spacial score (nSPS) is 57.0. The molecule has 4 saturated carbocycles. The fourth-order valence-electron chi connectivity index (χ4n) is 8.78. The first-order chi connectivity index (χ1) is 12.8. The van der Waals surface area contributed by atoms with Gasteiger partial charge in [-0.15, -0.1) is 0 Å². The molecule has 0 amide bonds. The van der Waals surface area contributed by atoms with E-state index >= 15 is 0 Å². The van der Waals surface area contributed by atoms with Gasteiger partial charge in [0.1, 0.15) is 0 Å². The largest absolute Gasteiger partial charge is 0.393 e. The summed E-state index contributed by atoms with van der Waals surface area (Å²) in [6, 6.07) is 0. The van der Waals surface area contributed by atoms with Crippen molar-refractivity contribution in [3.8, 4) is 0 Å². The van der Waals surface area contributed by atoms with Gasteiger partial charge in [-0.1, -0.05) is 13.8 Å². The summed E-state index contributed by atoms with van der Waals surface area (Å²) in [6.45, 7) is 8.28. The lowest BCUT2D eigenvalue weighted by atomic mass is 9.44. The molecule has 4 nitrogen and oxygen atoms in total. The van der Waals surface area contributed by atoms with Gasteiger partial charge in [0, 0.05) is 11.3 Å². The highest BCUT2D eigenvalue weighted by molar-refractivity contribution is 5.14. The zero-order valence-corrected chi connectivity index (χ0v) is 17.3. The monoisotopic (exact) mass is 378 g/mol. The van der Waals surface area contributed by atoms with Crippen LogP contribution in [0.4, 0.5) is 0 Å². The van der Waals surface area contributed by atoms with E-state index in [-0.39, 0.29) is 23.5 Å². The van der Waals surface area contributed by atoms with Crippen LogP contribution >= 0.6 is 0 Å². The third-order valence-corrected chi connectivity index (χ3v) is 10.2. The van der Waals surface area contributed by atoms with Crippen molar-refractivity contribution in [2.24, 2.45) is 40.4 Å². The van der Waals surface area contributed by atoms with Gasteiger partial charge in [0.05, 0.1) is 25.4 Å². The van der Waals surface area contributed by atoms with Gasteiger partial charge in [-0.3, -0.25) is 0 Å². The van der Waals surface area contributed by atoms with E-state index in [1.807, 2.05) is 0 Å². The minimum atomic E-state index is -0.520. The highest BCUT2D eigenvalue weighted by Crippen LogP contribution is 2.69. The van der Waals surface area contributed by atoms with Crippen molar-refractivity contribution < 1.29 is 19.7 Å². The van der Waals surface area contributed by atoms with E-state index in [4.69, 9.17) is 9.47 Å². The maximum absolute atomic E-state index is 11.5. The van der Waals surface area contributed by atoms with Crippen LogP contribution in [0.2, 0.25) is 0 Å². The summed E-state index contributed by atoms with van der Waals surface area (Å²) < 4.78 is 12.2. The van der Waals surface area contributed by atoms with Crippen LogP contribution in [0.3, 0.4) is 0 Å². The molecule has 0 aromatic carbocycles. The Kier molecular flexibility index (Phi) is 4.30. The van der Waals surface area contributed by atoms with Crippen molar-refractivity contribution in [1.82, 2.24) is 0 Å². The maximum Gasteiger partial charge on any atom is 0.169 e. The van der Waals surface area contributed by atoms with Gasteiger partial charge in [-0.2, -0.15) is 0 Å². The Hall–Kier alpha value is -0.160. The molecule has 1 saturated heterocycles. The molecule has 2 N–H and O–H groups in total. The number of ether oxygens (including phenoxy) is 2. The van der Waals surface area contributed by atoms with Crippen molar-refractivity contribution >= 4 is 0 Å². The predicted molar refractivity (Wildman–Crippen MR) is 103 cm³/mol. The molecule has 0 aromatic rings. The number of aliphatic hydroxyl groups is 2. The van der Waals surface area contributed by atoms with Crippen LogP contribution in [0.5, 0.6) is 0 Å². The molecule has 0 spiro atoms. The first-order valence-electron chi connectivity index (χ1n) is 11.4. The van der Waals surface area contributed by atoms with Crippen molar-refractivity contribution in [2.75, 3.05) is 13.2 Å². The SMILES string of the molecule is CC1([C@H]2CC[C@H]3C4CC[C@H]5C[C@@H](O)CC[C@]5(C)C4C[C@@H](O)[C@]23C)OCCO1. The van der Waals surface area contributed by atoms with Crippen molar-refractivity contribution in [1.29, 1.82) is 0 Å². The van der Waals surface area contributed by atoms with E-state index in [1.165, 1.54) is 19.3 Å². The topological polar surface area (TPSA) is 58.9 Å². The van der Waals surface area contributed by atoms with Crippen LogP contribution in [-0.2, 0) is 9.47 Å². The van der Waals surface area contributed by atoms with E-state index in [0.717, 1.165) is 32.1 Å².